The molecular weight excluding hydrogens is 396 g/mol. The molecular formula is C19H15BrN4O2. The first-order valence-electron chi connectivity index (χ1n) is 7.99. The van der Waals surface area contributed by atoms with Crippen LogP contribution in [0.5, 0.6) is 5.75 Å². The van der Waals surface area contributed by atoms with E-state index in [1.54, 1.807) is 25.3 Å². The van der Waals surface area contributed by atoms with Crippen molar-refractivity contribution < 1.29 is 4.74 Å². The monoisotopic (exact) mass is 410 g/mol. The highest BCUT2D eigenvalue weighted by Crippen LogP contribution is 2.35. The van der Waals surface area contributed by atoms with E-state index in [0.29, 0.717) is 23.0 Å². The van der Waals surface area contributed by atoms with Gasteiger partial charge in [-0.2, -0.15) is 5.26 Å². The fourth-order valence-corrected chi connectivity index (χ4v) is 3.87. The zero-order valence-electron chi connectivity index (χ0n) is 14.2. The standard InChI is InChI=1S/C19H15BrN4O2/c1-10-5-16(26-2)13(17-14(20)8-22-18(10)17)9-24-19(25)12-6-11(7-21)3-4-15(12)23-24/h3-6,8,22-23H,9H2,1-2H3. The highest BCUT2D eigenvalue weighted by Gasteiger charge is 2.17. The van der Waals surface area contributed by atoms with Crippen LogP contribution in [0.4, 0.5) is 0 Å². The van der Waals surface area contributed by atoms with Gasteiger partial charge in [-0.1, -0.05) is 0 Å². The summed E-state index contributed by atoms with van der Waals surface area (Å²) in [5, 5.41) is 13.7. The molecule has 0 saturated heterocycles. The predicted octanol–water partition coefficient (Wildman–Crippen LogP) is 3.81. The van der Waals surface area contributed by atoms with Crippen molar-refractivity contribution in [3.63, 3.8) is 0 Å². The lowest BCUT2D eigenvalue weighted by atomic mass is 10.0. The second-order valence-corrected chi connectivity index (χ2v) is 6.99. The number of aromatic amines is 2. The van der Waals surface area contributed by atoms with Crippen LogP contribution in [0, 0.1) is 18.3 Å². The van der Waals surface area contributed by atoms with E-state index in [-0.39, 0.29) is 5.56 Å². The fourth-order valence-electron chi connectivity index (χ4n) is 3.32. The molecule has 0 aliphatic rings. The molecule has 0 aliphatic carbocycles. The first-order chi connectivity index (χ1) is 12.5. The second kappa shape index (κ2) is 6.07. The van der Waals surface area contributed by atoms with E-state index in [1.807, 2.05) is 19.2 Å². The number of nitriles is 1. The number of hydrogen-bond acceptors (Lipinski definition) is 3. The van der Waals surface area contributed by atoms with Crippen LogP contribution in [-0.4, -0.2) is 21.9 Å². The van der Waals surface area contributed by atoms with Crippen LogP contribution in [-0.2, 0) is 6.54 Å². The number of aromatic nitrogens is 3. The molecule has 2 N–H and O–H groups in total. The van der Waals surface area contributed by atoms with E-state index in [2.05, 4.69) is 32.1 Å². The lowest BCUT2D eigenvalue weighted by molar-refractivity contribution is 0.408. The van der Waals surface area contributed by atoms with Gasteiger partial charge in [0.15, 0.2) is 0 Å². The van der Waals surface area contributed by atoms with E-state index in [9.17, 15) is 4.79 Å². The van der Waals surface area contributed by atoms with E-state index < -0.39 is 0 Å². The van der Waals surface area contributed by atoms with Crippen LogP contribution < -0.4 is 10.3 Å². The maximum Gasteiger partial charge on any atom is 0.274 e. The van der Waals surface area contributed by atoms with Crippen molar-refractivity contribution in [2.24, 2.45) is 0 Å². The number of ether oxygens (including phenoxy) is 1. The number of halogens is 1. The number of methoxy groups -OCH3 is 1. The van der Waals surface area contributed by atoms with E-state index in [4.69, 9.17) is 10.00 Å². The number of H-pyrrole nitrogens is 2. The lowest BCUT2D eigenvalue weighted by Crippen LogP contribution is -2.18. The van der Waals surface area contributed by atoms with Crippen LogP contribution in [0.3, 0.4) is 0 Å². The molecule has 2 heterocycles. The van der Waals surface area contributed by atoms with Crippen molar-refractivity contribution >= 4 is 37.7 Å². The van der Waals surface area contributed by atoms with E-state index in [1.165, 1.54) is 4.68 Å². The highest BCUT2D eigenvalue weighted by atomic mass is 79.9. The summed E-state index contributed by atoms with van der Waals surface area (Å²) in [7, 11) is 1.62. The molecule has 4 rings (SSSR count). The maximum atomic E-state index is 12.8. The SMILES string of the molecule is COc1cc(C)c2[nH]cc(Br)c2c1Cn1[nH]c2ccc(C#N)cc2c1=O. The number of nitrogens with zero attached hydrogens (tertiary/aromatic N) is 2. The van der Waals surface area contributed by atoms with Crippen molar-refractivity contribution in [3.8, 4) is 11.8 Å². The minimum absolute atomic E-state index is 0.167. The molecule has 6 nitrogen and oxygen atoms in total. The molecule has 0 atom stereocenters. The minimum Gasteiger partial charge on any atom is -0.496 e. The number of fused-ring (bicyclic) bond motifs is 2. The maximum absolute atomic E-state index is 12.8. The van der Waals surface area contributed by atoms with Gasteiger partial charge >= 0.3 is 0 Å². The van der Waals surface area contributed by atoms with Gasteiger partial charge in [0, 0.05) is 21.6 Å². The normalized spacial score (nSPS) is 11.2. The van der Waals surface area contributed by atoms with Crippen LogP contribution in [0.15, 0.2) is 39.7 Å². The third kappa shape index (κ3) is 2.42. The van der Waals surface area contributed by atoms with Gasteiger partial charge in [-0.15, -0.1) is 0 Å². The Hall–Kier alpha value is -2.98. The summed E-state index contributed by atoms with van der Waals surface area (Å²) in [6.45, 7) is 2.34. The first kappa shape index (κ1) is 16.5. The molecule has 0 unspecified atom stereocenters. The molecule has 0 fully saturated rings. The van der Waals surface area contributed by atoms with Crippen LogP contribution in [0.2, 0.25) is 0 Å². The lowest BCUT2D eigenvalue weighted by Gasteiger charge is -2.13. The van der Waals surface area contributed by atoms with Gasteiger partial charge in [0.05, 0.1) is 41.7 Å². The first-order valence-corrected chi connectivity index (χ1v) is 8.78. The van der Waals surface area contributed by atoms with E-state index >= 15 is 0 Å². The molecule has 7 heteroatoms. The Labute approximate surface area is 157 Å². The zero-order valence-corrected chi connectivity index (χ0v) is 15.8. The Morgan fingerprint density at radius 3 is 2.88 bits per heavy atom. The van der Waals surface area contributed by atoms with Gasteiger partial charge < -0.3 is 9.72 Å². The Balaban J connectivity index is 1.93. The number of aryl methyl sites for hydroxylation is 1. The Morgan fingerprint density at radius 1 is 1.35 bits per heavy atom. The molecule has 0 saturated carbocycles. The number of rotatable bonds is 3. The highest BCUT2D eigenvalue weighted by molar-refractivity contribution is 9.10. The van der Waals surface area contributed by atoms with Crippen molar-refractivity contribution in [2.45, 2.75) is 13.5 Å². The molecule has 0 radical (unpaired) electrons. The largest absolute Gasteiger partial charge is 0.496 e. The van der Waals surface area contributed by atoms with Gasteiger partial charge in [0.1, 0.15) is 5.75 Å². The predicted molar refractivity (Wildman–Crippen MR) is 104 cm³/mol. The molecule has 26 heavy (non-hydrogen) atoms. The van der Waals surface area contributed by atoms with Gasteiger partial charge in [-0.05, 0) is 52.7 Å². The molecule has 0 amide bonds. The van der Waals surface area contributed by atoms with E-state index in [0.717, 1.165) is 32.3 Å². The number of nitrogens with one attached hydrogen (secondary N) is 2. The van der Waals surface area contributed by atoms with Crippen LogP contribution in [0.25, 0.3) is 21.8 Å². The summed E-state index contributed by atoms with van der Waals surface area (Å²) in [5.41, 5.74) is 3.96. The molecule has 2 aromatic heterocycles. The summed E-state index contributed by atoms with van der Waals surface area (Å²) in [6, 6.07) is 9.08. The molecule has 0 bridgehead atoms. The van der Waals surface area contributed by atoms with Crippen molar-refractivity contribution in [3.05, 3.63) is 62.0 Å². The molecule has 0 spiro atoms. The van der Waals surface area contributed by atoms with Crippen LogP contribution >= 0.6 is 15.9 Å². The summed E-state index contributed by atoms with van der Waals surface area (Å²) in [5.74, 6) is 0.721. The average molecular weight is 411 g/mol. The Bertz CT molecular complexity index is 1260. The molecule has 2 aromatic carbocycles. The average Bonchev–Trinajstić information content (AvgIpc) is 3.18. The minimum atomic E-state index is -0.167. The van der Waals surface area contributed by atoms with Gasteiger partial charge in [-0.3, -0.25) is 9.89 Å². The summed E-state index contributed by atoms with van der Waals surface area (Å²) in [6.07, 6.45) is 1.88. The van der Waals surface area contributed by atoms with Crippen molar-refractivity contribution in [1.29, 1.82) is 5.26 Å². The zero-order chi connectivity index (χ0) is 18.4. The summed E-state index contributed by atoms with van der Waals surface area (Å²) >= 11 is 3.58. The Kier molecular flexibility index (Phi) is 3.85. The molecule has 4 aromatic rings. The number of hydrogen-bond donors (Lipinski definition) is 2. The van der Waals surface area contributed by atoms with Crippen LogP contribution in [0.1, 0.15) is 16.7 Å². The smallest absolute Gasteiger partial charge is 0.274 e. The van der Waals surface area contributed by atoms with Gasteiger partial charge in [0.25, 0.3) is 5.56 Å². The fraction of sp³-hybridized carbons (Fsp3) is 0.158. The third-order valence-electron chi connectivity index (χ3n) is 4.59. The molecule has 0 aliphatic heterocycles. The quantitative estimate of drug-likeness (QED) is 0.538. The summed E-state index contributed by atoms with van der Waals surface area (Å²) in [4.78, 5) is 16.0. The topological polar surface area (TPSA) is 86.6 Å². The van der Waals surface area contributed by atoms with Gasteiger partial charge in [-0.25, -0.2) is 4.68 Å². The van der Waals surface area contributed by atoms with Crippen molar-refractivity contribution in [2.75, 3.05) is 7.11 Å². The second-order valence-electron chi connectivity index (χ2n) is 6.14. The molecule has 130 valence electrons. The summed E-state index contributed by atoms with van der Waals surface area (Å²) < 4.78 is 8.03. The van der Waals surface area contributed by atoms with Crippen molar-refractivity contribution in [1.82, 2.24) is 14.8 Å². The Morgan fingerprint density at radius 2 is 2.15 bits per heavy atom. The number of benzene rings is 2. The van der Waals surface area contributed by atoms with Gasteiger partial charge in [0.2, 0.25) is 0 Å². The third-order valence-corrected chi connectivity index (χ3v) is 5.21.